The van der Waals surface area contributed by atoms with Gasteiger partial charge in [-0.3, -0.25) is 24.1 Å². The van der Waals surface area contributed by atoms with Crippen molar-refractivity contribution >= 4 is 46.0 Å². The monoisotopic (exact) mass is 444 g/mol. The number of nitrogens with zero attached hydrogens (tertiary/aromatic N) is 2. The molecule has 1 aromatic carbocycles. The molecule has 7 nitrogen and oxygen atoms in total. The van der Waals surface area contributed by atoms with Crippen molar-refractivity contribution in [1.29, 1.82) is 0 Å². The van der Waals surface area contributed by atoms with E-state index in [-0.39, 0.29) is 16.4 Å². The molecular formula is C23H28N2O5S. The van der Waals surface area contributed by atoms with Crippen molar-refractivity contribution in [3.63, 3.8) is 0 Å². The first-order valence-corrected chi connectivity index (χ1v) is 11.7. The molecule has 8 heteroatoms. The standard InChI is InChI=1S/C23H28N2O5S/c1-2-3-4-5-6-7-8-11-14-24-17-13-10-9-12-16(17)19(21(24)28)20-22(29)25(15-18(26)27)23(30)31-20/h9-10,12-13H,2-8,11,14-15H2,1H3,(H,26,27)/b20-19-. The van der Waals surface area contributed by atoms with Crippen LogP contribution in [0.5, 0.6) is 0 Å². The van der Waals surface area contributed by atoms with Gasteiger partial charge in [0.1, 0.15) is 6.54 Å². The van der Waals surface area contributed by atoms with E-state index in [1.165, 1.54) is 32.1 Å². The van der Waals surface area contributed by atoms with Crippen molar-refractivity contribution in [2.24, 2.45) is 0 Å². The van der Waals surface area contributed by atoms with E-state index in [4.69, 9.17) is 5.11 Å². The molecule has 1 aromatic rings. The highest BCUT2D eigenvalue weighted by Crippen LogP contribution is 2.44. The summed E-state index contributed by atoms with van der Waals surface area (Å²) in [5.74, 6) is -2.29. The van der Waals surface area contributed by atoms with Gasteiger partial charge in [-0.25, -0.2) is 0 Å². The van der Waals surface area contributed by atoms with Gasteiger partial charge in [0.2, 0.25) is 0 Å². The Kier molecular flexibility index (Phi) is 7.90. The Labute approximate surface area is 186 Å². The van der Waals surface area contributed by atoms with Gasteiger partial charge in [0.05, 0.1) is 16.2 Å². The lowest BCUT2D eigenvalue weighted by Gasteiger charge is -2.17. The van der Waals surface area contributed by atoms with E-state index < -0.39 is 23.7 Å². The van der Waals surface area contributed by atoms with Crippen LogP contribution in [-0.4, -0.2) is 46.1 Å². The lowest BCUT2D eigenvalue weighted by Crippen LogP contribution is -2.34. The van der Waals surface area contributed by atoms with Gasteiger partial charge in [-0.15, -0.1) is 0 Å². The summed E-state index contributed by atoms with van der Waals surface area (Å²) in [5, 5.41) is 8.30. The SMILES string of the molecule is CCCCCCCCCCN1C(=O)/C(=C2\SC(=O)N(CC(=O)O)C2=O)c2ccccc21. The Morgan fingerprint density at radius 1 is 0.903 bits per heavy atom. The largest absolute Gasteiger partial charge is 0.480 e. The first kappa shape index (κ1) is 23.1. The van der Waals surface area contributed by atoms with E-state index in [2.05, 4.69) is 6.92 Å². The predicted molar refractivity (Wildman–Crippen MR) is 121 cm³/mol. The molecule has 0 radical (unpaired) electrons. The zero-order chi connectivity index (χ0) is 22.4. The van der Waals surface area contributed by atoms with Gasteiger partial charge in [0.25, 0.3) is 17.1 Å². The maximum atomic E-state index is 13.2. The summed E-state index contributed by atoms with van der Waals surface area (Å²) < 4.78 is 0. The number of hydrogen-bond donors (Lipinski definition) is 1. The summed E-state index contributed by atoms with van der Waals surface area (Å²) in [6, 6.07) is 7.23. The van der Waals surface area contributed by atoms with Gasteiger partial charge in [-0.2, -0.15) is 0 Å². The molecule has 0 spiro atoms. The third-order valence-corrected chi connectivity index (χ3v) is 6.51. The Bertz CT molecular complexity index is 911. The van der Waals surface area contributed by atoms with E-state index >= 15 is 0 Å². The molecule has 1 saturated heterocycles. The average Bonchev–Trinajstić information content (AvgIpc) is 3.17. The number of carbonyl (C=O) groups is 4. The molecule has 0 atom stereocenters. The minimum atomic E-state index is -1.27. The van der Waals surface area contributed by atoms with Crippen molar-refractivity contribution in [2.75, 3.05) is 18.0 Å². The highest BCUT2D eigenvalue weighted by molar-refractivity contribution is 8.18. The third-order valence-electron chi connectivity index (χ3n) is 5.53. The van der Waals surface area contributed by atoms with Crippen molar-refractivity contribution in [1.82, 2.24) is 4.90 Å². The van der Waals surface area contributed by atoms with E-state index in [0.717, 1.165) is 24.9 Å². The normalized spacial score (nSPS) is 18.3. The molecule has 31 heavy (non-hydrogen) atoms. The van der Waals surface area contributed by atoms with E-state index in [1.54, 1.807) is 17.0 Å². The number of carboxylic acids is 1. The molecular weight excluding hydrogens is 416 g/mol. The maximum Gasteiger partial charge on any atom is 0.323 e. The Hall–Kier alpha value is -2.61. The molecule has 0 bridgehead atoms. The first-order chi connectivity index (χ1) is 15.0. The van der Waals surface area contributed by atoms with Crippen LogP contribution in [0, 0.1) is 0 Å². The van der Waals surface area contributed by atoms with Crippen LogP contribution in [0.15, 0.2) is 29.2 Å². The molecule has 2 aliphatic heterocycles. The number of benzene rings is 1. The van der Waals surface area contributed by atoms with Crippen LogP contribution in [-0.2, 0) is 14.4 Å². The molecule has 1 fully saturated rings. The minimum absolute atomic E-state index is 0.0159. The van der Waals surface area contributed by atoms with E-state index in [1.807, 2.05) is 12.1 Å². The van der Waals surface area contributed by atoms with Crippen molar-refractivity contribution in [2.45, 2.75) is 58.3 Å². The lowest BCUT2D eigenvalue weighted by molar-refractivity contribution is -0.140. The molecule has 0 unspecified atom stereocenters. The quantitative estimate of drug-likeness (QED) is 0.394. The van der Waals surface area contributed by atoms with Crippen molar-refractivity contribution in [3.05, 3.63) is 34.7 Å². The number of hydrogen-bond acceptors (Lipinski definition) is 5. The Balaban J connectivity index is 1.71. The molecule has 2 heterocycles. The summed E-state index contributed by atoms with van der Waals surface area (Å²) in [6.07, 6.45) is 9.25. The number of thioether (sulfide) groups is 1. The van der Waals surface area contributed by atoms with Crippen molar-refractivity contribution < 1.29 is 24.3 Å². The smallest absolute Gasteiger partial charge is 0.323 e. The van der Waals surface area contributed by atoms with Crippen LogP contribution in [0.2, 0.25) is 0 Å². The molecule has 0 aliphatic carbocycles. The molecule has 3 amide bonds. The molecule has 0 saturated carbocycles. The zero-order valence-corrected chi connectivity index (χ0v) is 18.6. The fourth-order valence-corrected chi connectivity index (χ4v) is 4.88. The fraction of sp³-hybridized carbons (Fsp3) is 0.478. The second-order valence-corrected chi connectivity index (χ2v) is 8.77. The highest BCUT2D eigenvalue weighted by atomic mass is 32.2. The number of carbonyl (C=O) groups excluding carboxylic acids is 3. The van der Waals surface area contributed by atoms with Gasteiger partial charge in [-0.1, -0.05) is 70.1 Å². The number of para-hydroxylation sites is 1. The summed E-state index contributed by atoms with van der Waals surface area (Å²) in [4.78, 5) is 51.4. The third kappa shape index (κ3) is 5.18. The number of rotatable bonds is 11. The highest BCUT2D eigenvalue weighted by Gasteiger charge is 2.43. The Morgan fingerprint density at radius 3 is 2.23 bits per heavy atom. The van der Waals surface area contributed by atoms with Crippen LogP contribution in [0.25, 0.3) is 5.57 Å². The van der Waals surface area contributed by atoms with E-state index in [9.17, 15) is 19.2 Å². The van der Waals surface area contributed by atoms with Gasteiger partial charge in [0.15, 0.2) is 0 Å². The van der Waals surface area contributed by atoms with Gasteiger partial charge >= 0.3 is 5.97 Å². The second-order valence-electron chi connectivity index (χ2n) is 7.81. The molecule has 0 aromatic heterocycles. The van der Waals surface area contributed by atoms with Crippen LogP contribution in [0.1, 0.15) is 63.9 Å². The second kappa shape index (κ2) is 10.6. The van der Waals surface area contributed by atoms with Gasteiger partial charge in [-0.05, 0) is 24.2 Å². The molecule has 3 rings (SSSR count). The number of aliphatic carboxylic acids is 1. The number of carboxylic acid groups (broad SMARTS) is 1. The zero-order valence-electron chi connectivity index (χ0n) is 17.8. The lowest BCUT2D eigenvalue weighted by atomic mass is 10.1. The van der Waals surface area contributed by atoms with E-state index in [0.29, 0.717) is 28.8 Å². The topological polar surface area (TPSA) is 95.0 Å². The molecule has 1 N–H and O–H groups in total. The number of amides is 3. The summed E-state index contributed by atoms with van der Waals surface area (Å²) in [6.45, 7) is 2.04. The number of fused-ring (bicyclic) bond motifs is 1. The average molecular weight is 445 g/mol. The number of imide groups is 1. The molecule has 166 valence electrons. The van der Waals surface area contributed by atoms with Crippen LogP contribution < -0.4 is 4.90 Å². The number of unbranched alkanes of at least 4 members (excludes halogenated alkanes) is 7. The molecule has 2 aliphatic rings. The van der Waals surface area contributed by atoms with Gasteiger partial charge < -0.3 is 10.0 Å². The predicted octanol–water partition coefficient (Wildman–Crippen LogP) is 4.67. The van der Waals surface area contributed by atoms with Crippen molar-refractivity contribution in [3.8, 4) is 0 Å². The minimum Gasteiger partial charge on any atom is -0.480 e. The van der Waals surface area contributed by atoms with Crippen LogP contribution in [0.4, 0.5) is 10.5 Å². The first-order valence-electron chi connectivity index (χ1n) is 10.9. The van der Waals surface area contributed by atoms with Crippen LogP contribution in [0.3, 0.4) is 0 Å². The number of anilines is 1. The summed E-state index contributed by atoms with van der Waals surface area (Å²) in [5.41, 5.74) is 1.55. The Morgan fingerprint density at radius 2 is 1.55 bits per heavy atom. The fourth-order valence-electron chi connectivity index (χ4n) is 3.95. The summed E-state index contributed by atoms with van der Waals surface area (Å²) in [7, 11) is 0. The summed E-state index contributed by atoms with van der Waals surface area (Å²) >= 11 is 0.638. The van der Waals surface area contributed by atoms with Crippen LogP contribution >= 0.6 is 11.8 Å². The maximum absolute atomic E-state index is 13.2. The van der Waals surface area contributed by atoms with Gasteiger partial charge in [0, 0.05) is 12.1 Å².